The Kier molecular flexibility index (Phi) is 6.36. The zero-order valence-electron chi connectivity index (χ0n) is 12.6. The first kappa shape index (κ1) is 17.7. The smallest absolute Gasteiger partial charge is 0.251 e. The molecule has 0 atom stereocenters. The van der Waals surface area contributed by atoms with Gasteiger partial charge in [-0.3, -0.25) is 9.59 Å². The molecule has 0 heterocycles. The van der Waals surface area contributed by atoms with Crippen LogP contribution in [0.2, 0.25) is 0 Å². The quantitative estimate of drug-likeness (QED) is 0.773. The average molecular weight is 440 g/mol. The van der Waals surface area contributed by atoms with Gasteiger partial charge in [-0.2, -0.15) is 0 Å². The fourth-order valence-electron chi connectivity index (χ4n) is 1.97. The van der Waals surface area contributed by atoms with E-state index in [0.29, 0.717) is 12.1 Å². The summed E-state index contributed by atoms with van der Waals surface area (Å²) in [6.07, 6.45) is 0. The number of carbonyl (C=O) groups excluding carboxylic acids is 2. The van der Waals surface area contributed by atoms with Gasteiger partial charge in [0.1, 0.15) is 0 Å². The van der Waals surface area contributed by atoms with Gasteiger partial charge in [0, 0.05) is 28.1 Å². The number of rotatable bonds is 5. The highest BCUT2D eigenvalue weighted by Gasteiger charge is 2.12. The van der Waals surface area contributed by atoms with E-state index in [4.69, 9.17) is 0 Å². The zero-order valence-corrected chi connectivity index (χ0v) is 15.7. The van der Waals surface area contributed by atoms with Crippen LogP contribution in [0.15, 0.2) is 57.5 Å². The molecule has 0 aliphatic heterocycles. The molecule has 2 rings (SSSR count). The molecule has 23 heavy (non-hydrogen) atoms. The molecule has 0 unspecified atom stereocenters. The van der Waals surface area contributed by atoms with Crippen molar-refractivity contribution in [3.63, 3.8) is 0 Å². The van der Waals surface area contributed by atoms with Gasteiger partial charge < -0.3 is 10.2 Å². The predicted molar refractivity (Wildman–Crippen MR) is 97.1 cm³/mol. The second-order valence-electron chi connectivity index (χ2n) is 5.07. The molecule has 0 aliphatic rings. The van der Waals surface area contributed by atoms with Crippen LogP contribution >= 0.6 is 31.9 Å². The van der Waals surface area contributed by atoms with E-state index in [1.807, 2.05) is 30.3 Å². The van der Waals surface area contributed by atoms with Gasteiger partial charge in [0.25, 0.3) is 5.91 Å². The zero-order chi connectivity index (χ0) is 16.8. The molecule has 2 aromatic rings. The summed E-state index contributed by atoms with van der Waals surface area (Å²) in [5.74, 6) is -0.409. The van der Waals surface area contributed by atoms with Gasteiger partial charge in [0.2, 0.25) is 5.91 Å². The summed E-state index contributed by atoms with van der Waals surface area (Å²) >= 11 is 6.69. The van der Waals surface area contributed by atoms with Gasteiger partial charge in [-0.25, -0.2) is 0 Å². The van der Waals surface area contributed by atoms with Crippen LogP contribution in [0.4, 0.5) is 0 Å². The van der Waals surface area contributed by atoms with Crippen molar-refractivity contribution in [1.29, 1.82) is 0 Å². The van der Waals surface area contributed by atoms with Crippen molar-refractivity contribution in [1.82, 2.24) is 10.2 Å². The lowest BCUT2D eigenvalue weighted by Gasteiger charge is -2.17. The average Bonchev–Trinajstić information content (AvgIpc) is 2.54. The van der Waals surface area contributed by atoms with Gasteiger partial charge in [-0.1, -0.05) is 50.1 Å². The minimum Gasteiger partial charge on any atom is -0.343 e. The van der Waals surface area contributed by atoms with Gasteiger partial charge in [0.05, 0.1) is 6.54 Å². The summed E-state index contributed by atoms with van der Waals surface area (Å²) in [7, 11) is 1.72. The van der Waals surface area contributed by atoms with Crippen molar-refractivity contribution < 1.29 is 9.59 Å². The first-order valence-electron chi connectivity index (χ1n) is 6.98. The third-order valence-corrected chi connectivity index (χ3v) is 4.27. The SMILES string of the molecule is CN(Cc1ccc(Br)cc1)C(=O)CNC(=O)c1cccc(Br)c1. The summed E-state index contributed by atoms with van der Waals surface area (Å²) in [5.41, 5.74) is 1.55. The Labute approximate surface area is 152 Å². The molecule has 1 N–H and O–H groups in total. The number of carbonyl (C=O) groups is 2. The third kappa shape index (κ3) is 5.48. The minimum atomic E-state index is -0.267. The van der Waals surface area contributed by atoms with E-state index in [2.05, 4.69) is 37.2 Å². The van der Waals surface area contributed by atoms with Crippen molar-refractivity contribution in [3.05, 3.63) is 68.6 Å². The number of nitrogens with zero attached hydrogens (tertiary/aromatic N) is 1. The third-order valence-electron chi connectivity index (χ3n) is 3.25. The van der Waals surface area contributed by atoms with Gasteiger partial charge in [-0.05, 0) is 35.9 Å². The molecule has 0 saturated heterocycles. The van der Waals surface area contributed by atoms with E-state index in [1.165, 1.54) is 0 Å². The van der Waals surface area contributed by atoms with E-state index in [-0.39, 0.29) is 18.4 Å². The molecule has 0 aromatic heterocycles. The van der Waals surface area contributed by atoms with Crippen LogP contribution in [0.5, 0.6) is 0 Å². The number of nitrogens with one attached hydrogen (secondary N) is 1. The predicted octanol–water partition coefficient (Wildman–Crippen LogP) is 3.60. The Morgan fingerprint density at radius 3 is 2.39 bits per heavy atom. The number of benzene rings is 2. The molecule has 0 saturated carbocycles. The molecular weight excluding hydrogens is 424 g/mol. The number of halogens is 2. The topological polar surface area (TPSA) is 49.4 Å². The van der Waals surface area contributed by atoms with Crippen molar-refractivity contribution >= 4 is 43.7 Å². The van der Waals surface area contributed by atoms with E-state index in [0.717, 1.165) is 14.5 Å². The molecule has 6 heteroatoms. The summed E-state index contributed by atoms with van der Waals surface area (Å²) in [6.45, 7) is 0.469. The lowest BCUT2D eigenvalue weighted by atomic mass is 10.2. The number of likely N-dealkylation sites (N-methyl/N-ethyl adjacent to an activating group) is 1. The maximum absolute atomic E-state index is 12.1. The first-order valence-corrected chi connectivity index (χ1v) is 8.56. The summed E-state index contributed by atoms with van der Waals surface area (Å²) in [4.78, 5) is 25.7. The van der Waals surface area contributed by atoms with Crippen LogP contribution in [0.1, 0.15) is 15.9 Å². The monoisotopic (exact) mass is 438 g/mol. The van der Waals surface area contributed by atoms with Crippen molar-refractivity contribution in [3.8, 4) is 0 Å². The standard InChI is InChI=1S/C17H16Br2N2O2/c1-21(11-12-5-7-14(18)8-6-12)16(22)10-20-17(23)13-3-2-4-15(19)9-13/h2-9H,10-11H2,1H3,(H,20,23). The van der Waals surface area contributed by atoms with Gasteiger partial charge in [0.15, 0.2) is 0 Å². The maximum atomic E-state index is 12.1. The summed E-state index contributed by atoms with van der Waals surface area (Å²) < 4.78 is 1.82. The van der Waals surface area contributed by atoms with Crippen LogP contribution in [-0.4, -0.2) is 30.3 Å². The fraction of sp³-hybridized carbons (Fsp3) is 0.176. The Morgan fingerprint density at radius 1 is 1.04 bits per heavy atom. The number of amides is 2. The second kappa shape index (κ2) is 8.26. The molecule has 2 aromatic carbocycles. The van der Waals surface area contributed by atoms with Crippen LogP contribution < -0.4 is 5.32 Å². The highest BCUT2D eigenvalue weighted by Crippen LogP contribution is 2.12. The Balaban J connectivity index is 1.86. The Hall–Kier alpha value is -1.66. The molecule has 0 aliphatic carbocycles. The number of hydrogen-bond donors (Lipinski definition) is 1. The fourth-order valence-corrected chi connectivity index (χ4v) is 2.64. The molecular formula is C17H16Br2N2O2. The molecule has 0 radical (unpaired) electrons. The molecule has 120 valence electrons. The van der Waals surface area contributed by atoms with Crippen LogP contribution in [-0.2, 0) is 11.3 Å². The van der Waals surface area contributed by atoms with Crippen molar-refractivity contribution in [2.45, 2.75) is 6.54 Å². The molecule has 2 amide bonds. The molecule has 0 fully saturated rings. The van der Waals surface area contributed by atoms with Crippen LogP contribution in [0.3, 0.4) is 0 Å². The highest BCUT2D eigenvalue weighted by atomic mass is 79.9. The summed E-state index contributed by atoms with van der Waals surface area (Å²) in [6, 6.07) is 14.8. The van der Waals surface area contributed by atoms with Crippen molar-refractivity contribution in [2.24, 2.45) is 0 Å². The van der Waals surface area contributed by atoms with Crippen LogP contribution in [0.25, 0.3) is 0 Å². The van der Waals surface area contributed by atoms with Crippen LogP contribution in [0, 0.1) is 0 Å². The number of hydrogen-bond acceptors (Lipinski definition) is 2. The lowest BCUT2D eigenvalue weighted by molar-refractivity contribution is -0.129. The maximum Gasteiger partial charge on any atom is 0.251 e. The molecule has 0 spiro atoms. The largest absolute Gasteiger partial charge is 0.343 e. The molecule has 4 nitrogen and oxygen atoms in total. The molecule has 0 bridgehead atoms. The van der Waals surface area contributed by atoms with Gasteiger partial charge in [-0.15, -0.1) is 0 Å². The Bertz CT molecular complexity index is 702. The second-order valence-corrected chi connectivity index (χ2v) is 6.90. The van der Waals surface area contributed by atoms with Crippen molar-refractivity contribution in [2.75, 3.05) is 13.6 Å². The van der Waals surface area contributed by atoms with E-state index >= 15 is 0 Å². The Morgan fingerprint density at radius 2 is 1.74 bits per heavy atom. The summed E-state index contributed by atoms with van der Waals surface area (Å²) in [5, 5.41) is 2.64. The van der Waals surface area contributed by atoms with E-state index in [1.54, 1.807) is 30.1 Å². The minimum absolute atomic E-state index is 0.0294. The van der Waals surface area contributed by atoms with Gasteiger partial charge >= 0.3 is 0 Å². The highest BCUT2D eigenvalue weighted by molar-refractivity contribution is 9.10. The van der Waals surface area contributed by atoms with E-state index < -0.39 is 0 Å². The first-order chi connectivity index (χ1) is 11.0. The van der Waals surface area contributed by atoms with E-state index in [9.17, 15) is 9.59 Å². The normalized spacial score (nSPS) is 10.2. The lowest BCUT2D eigenvalue weighted by Crippen LogP contribution is -2.37.